The van der Waals surface area contributed by atoms with Gasteiger partial charge >= 0.3 is 0 Å². The maximum absolute atomic E-state index is 6.17. The Hall–Kier alpha value is -1.71. The molecule has 3 rings (SSSR count). The van der Waals surface area contributed by atoms with Crippen LogP contribution in [0.25, 0.3) is 22.0 Å². The molecular weight excluding hydrogens is 264 g/mol. The van der Waals surface area contributed by atoms with Crippen LogP contribution in [0.5, 0.6) is 0 Å². The van der Waals surface area contributed by atoms with Crippen LogP contribution in [0.3, 0.4) is 0 Å². The minimum Gasteiger partial charge on any atom is -0.322 e. The first-order chi connectivity index (χ1) is 9.65. The highest BCUT2D eigenvalue weighted by Gasteiger charge is 2.15. The molecule has 3 heteroatoms. The molecule has 102 valence electrons. The molecule has 2 nitrogen and oxygen atoms in total. The van der Waals surface area contributed by atoms with Crippen molar-refractivity contribution in [2.75, 3.05) is 0 Å². The van der Waals surface area contributed by atoms with E-state index in [1.54, 1.807) is 11.3 Å². The predicted octanol–water partition coefficient (Wildman–Crippen LogP) is 4.62. The summed E-state index contributed by atoms with van der Waals surface area (Å²) in [6.07, 6.45) is 0. The summed E-state index contributed by atoms with van der Waals surface area (Å²) >= 11 is 1.65. The summed E-state index contributed by atoms with van der Waals surface area (Å²) in [4.78, 5) is 4.70. The first-order valence-corrected chi connectivity index (χ1v) is 7.73. The molecule has 0 fully saturated rings. The fraction of sp³-hybridized carbons (Fsp3) is 0.235. The van der Waals surface area contributed by atoms with Crippen LogP contribution in [0, 0.1) is 5.92 Å². The van der Waals surface area contributed by atoms with Gasteiger partial charge in [0.05, 0.1) is 11.7 Å². The summed E-state index contributed by atoms with van der Waals surface area (Å²) in [7, 11) is 0. The second-order valence-corrected chi connectivity index (χ2v) is 6.29. The molecule has 2 N–H and O–H groups in total. The zero-order valence-corrected chi connectivity index (χ0v) is 12.5. The summed E-state index contributed by atoms with van der Waals surface area (Å²) in [6, 6.07) is 14.9. The standard InChI is InChI=1S/C17H18N2S/c1-11(2)16(18)17-19-15(10-20-17)14-8-7-12-5-3-4-6-13(12)9-14/h3-11,16H,18H2,1-2H3. The topological polar surface area (TPSA) is 38.9 Å². The SMILES string of the molecule is CC(C)C(N)c1nc(-c2ccc3ccccc3c2)cs1. The van der Waals surface area contributed by atoms with E-state index in [0.29, 0.717) is 5.92 Å². The van der Waals surface area contributed by atoms with Gasteiger partial charge in [-0.3, -0.25) is 0 Å². The summed E-state index contributed by atoms with van der Waals surface area (Å²) in [6.45, 7) is 4.25. The van der Waals surface area contributed by atoms with Crippen molar-refractivity contribution in [2.24, 2.45) is 11.7 Å². The van der Waals surface area contributed by atoms with Gasteiger partial charge in [0, 0.05) is 10.9 Å². The van der Waals surface area contributed by atoms with E-state index >= 15 is 0 Å². The molecule has 0 aliphatic heterocycles. The van der Waals surface area contributed by atoms with Crippen molar-refractivity contribution in [3.05, 3.63) is 52.9 Å². The molecule has 1 heterocycles. The molecule has 0 aliphatic carbocycles. The quantitative estimate of drug-likeness (QED) is 0.761. The molecule has 0 bridgehead atoms. The van der Waals surface area contributed by atoms with Crippen LogP contribution in [0.1, 0.15) is 24.9 Å². The maximum Gasteiger partial charge on any atom is 0.110 e. The minimum absolute atomic E-state index is 0.0224. The van der Waals surface area contributed by atoms with Crippen LogP contribution >= 0.6 is 11.3 Å². The lowest BCUT2D eigenvalue weighted by Gasteiger charge is -2.11. The summed E-state index contributed by atoms with van der Waals surface area (Å²) in [5.41, 5.74) is 8.34. The summed E-state index contributed by atoms with van der Waals surface area (Å²) < 4.78 is 0. The molecule has 0 aliphatic rings. The Bertz CT molecular complexity index is 730. The van der Waals surface area contributed by atoms with Crippen LogP contribution in [-0.4, -0.2) is 4.98 Å². The van der Waals surface area contributed by atoms with Gasteiger partial charge < -0.3 is 5.73 Å². The third-order valence-corrected chi connectivity index (χ3v) is 4.52. The van der Waals surface area contributed by atoms with E-state index in [-0.39, 0.29) is 6.04 Å². The second-order valence-electron chi connectivity index (χ2n) is 5.40. The molecule has 3 aromatic rings. The normalized spacial score (nSPS) is 13.0. The Morgan fingerprint density at radius 1 is 1.05 bits per heavy atom. The van der Waals surface area contributed by atoms with Gasteiger partial charge in [0.25, 0.3) is 0 Å². The number of rotatable bonds is 3. The van der Waals surface area contributed by atoms with Crippen molar-refractivity contribution in [1.29, 1.82) is 0 Å². The van der Waals surface area contributed by atoms with Crippen molar-refractivity contribution in [3.8, 4) is 11.3 Å². The number of nitrogens with two attached hydrogens (primary N) is 1. The number of fused-ring (bicyclic) bond motifs is 1. The van der Waals surface area contributed by atoms with Gasteiger partial charge in [-0.15, -0.1) is 11.3 Å². The zero-order valence-electron chi connectivity index (χ0n) is 11.7. The van der Waals surface area contributed by atoms with E-state index < -0.39 is 0 Å². The molecule has 1 atom stereocenters. The van der Waals surface area contributed by atoms with E-state index in [0.717, 1.165) is 16.3 Å². The minimum atomic E-state index is 0.0224. The highest BCUT2D eigenvalue weighted by molar-refractivity contribution is 7.10. The number of thiazole rings is 1. The van der Waals surface area contributed by atoms with Gasteiger partial charge in [-0.1, -0.05) is 50.2 Å². The average molecular weight is 282 g/mol. The lowest BCUT2D eigenvalue weighted by atomic mass is 10.1. The van der Waals surface area contributed by atoms with E-state index in [4.69, 9.17) is 10.7 Å². The van der Waals surface area contributed by atoms with E-state index in [1.165, 1.54) is 10.8 Å². The van der Waals surface area contributed by atoms with E-state index in [9.17, 15) is 0 Å². The van der Waals surface area contributed by atoms with Gasteiger partial charge in [0.15, 0.2) is 0 Å². The van der Waals surface area contributed by atoms with Crippen molar-refractivity contribution < 1.29 is 0 Å². The molecule has 20 heavy (non-hydrogen) atoms. The number of hydrogen-bond acceptors (Lipinski definition) is 3. The summed E-state index contributed by atoms with van der Waals surface area (Å²) in [5, 5.41) is 5.61. The monoisotopic (exact) mass is 282 g/mol. The molecule has 1 unspecified atom stereocenters. The van der Waals surface area contributed by atoms with Crippen LogP contribution in [0.2, 0.25) is 0 Å². The zero-order chi connectivity index (χ0) is 14.1. The molecule has 0 radical (unpaired) electrons. The molecule has 0 amide bonds. The molecule has 0 saturated carbocycles. The highest BCUT2D eigenvalue weighted by Crippen LogP contribution is 2.29. The smallest absolute Gasteiger partial charge is 0.110 e. The molecule has 1 aromatic heterocycles. The Kier molecular flexibility index (Phi) is 3.55. The number of aromatic nitrogens is 1. The fourth-order valence-electron chi connectivity index (χ4n) is 2.21. The van der Waals surface area contributed by atoms with Crippen molar-refractivity contribution >= 4 is 22.1 Å². The fourth-order valence-corrected chi connectivity index (χ4v) is 3.21. The van der Waals surface area contributed by atoms with Gasteiger partial charge in [-0.05, 0) is 22.8 Å². The Balaban J connectivity index is 1.99. The Morgan fingerprint density at radius 2 is 1.80 bits per heavy atom. The van der Waals surface area contributed by atoms with Crippen LogP contribution in [0.15, 0.2) is 47.8 Å². The first kappa shape index (κ1) is 13.3. The first-order valence-electron chi connectivity index (χ1n) is 6.85. The second kappa shape index (κ2) is 5.35. The van der Waals surface area contributed by atoms with E-state index in [2.05, 4.69) is 61.7 Å². The van der Waals surface area contributed by atoms with Crippen molar-refractivity contribution in [2.45, 2.75) is 19.9 Å². The van der Waals surface area contributed by atoms with E-state index in [1.807, 2.05) is 0 Å². The van der Waals surface area contributed by atoms with Crippen LogP contribution in [-0.2, 0) is 0 Å². The van der Waals surface area contributed by atoms with Gasteiger partial charge in [0.1, 0.15) is 5.01 Å². The Morgan fingerprint density at radius 3 is 2.55 bits per heavy atom. The summed E-state index contributed by atoms with van der Waals surface area (Å²) in [5.74, 6) is 0.408. The molecular formula is C17H18N2S. The molecule has 0 spiro atoms. The lowest BCUT2D eigenvalue weighted by Crippen LogP contribution is -2.16. The van der Waals surface area contributed by atoms with Crippen LogP contribution in [0.4, 0.5) is 0 Å². The highest BCUT2D eigenvalue weighted by atomic mass is 32.1. The van der Waals surface area contributed by atoms with Crippen molar-refractivity contribution in [3.63, 3.8) is 0 Å². The third kappa shape index (κ3) is 2.47. The largest absolute Gasteiger partial charge is 0.322 e. The van der Waals surface area contributed by atoms with Gasteiger partial charge in [-0.25, -0.2) is 4.98 Å². The molecule has 0 saturated heterocycles. The molecule has 2 aromatic carbocycles. The number of hydrogen-bond donors (Lipinski definition) is 1. The third-order valence-electron chi connectivity index (χ3n) is 3.57. The number of nitrogens with zero attached hydrogens (tertiary/aromatic N) is 1. The van der Waals surface area contributed by atoms with Gasteiger partial charge in [0.2, 0.25) is 0 Å². The van der Waals surface area contributed by atoms with Crippen molar-refractivity contribution in [1.82, 2.24) is 4.98 Å². The van der Waals surface area contributed by atoms with Gasteiger partial charge in [-0.2, -0.15) is 0 Å². The number of benzene rings is 2. The Labute approximate surface area is 123 Å². The average Bonchev–Trinajstić information content (AvgIpc) is 2.95. The predicted molar refractivity (Wildman–Crippen MR) is 86.8 cm³/mol. The van der Waals surface area contributed by atoms with Crippen LogP contribution < -0.4 is 5.73 Å². The maximum atomic E-state index is 6.17. The lowest BCUT2D eigenvalue weighted by molar-refractivity contribution is 0.512.